The van der Waals surface area contributed by atoms with Crippen LogP contribution in [-0.4, -0.2) is 86.0 Å². The van der Waals surface area contributed by atoms with E-state index in [4.69, 9.17) is 9.47 Å². The average Bonchev–Trinajstić information content (AvgIpc) is 2.73. The third kappa shape index (κ3) is 13.3. The Bertz CT molecular complexity index is 789. The number of ether oxygens (including phenoxy) is 2. The van der Waals surface area contributed by atoms with E-state index in [1.165, 1.54) is 6.07 Å². The van der Waals surface area contributed by atoms with Crippen LogP contribution in [0.15, 0.2) is 23.1 Å². The Morgan fingerprint density at radius 2 is 1.18 bits per heavy atom. The molecule has 1 aromatic rings. The zero-order chi connectivity index (χ0) is 24.1. The molecule has 33 heavy (non-hydrogen) atoms. The summed E-state index contributed by atoms with van der Waals surface area (Å²) in [5, 5.41) is 0. The van der Waals surface area contributed by atoms with Crippen LogP contribution in [0, 0.1) is 0 Å². The van der Waals surface area contributed by atoms with E-state index in [1.54, 1.807) is 13.8 Å². The summed E-state index contributed by atoms with van der Waals surface area (Å²) in [7, 11) is -4.63. The van der Waals surface area contributed by atoms with E-state index in [2.05, 4.69) is 13.8 Å². The molecular weight excluding hydrogens is 570 g/mol. The molecule has 0 aromatic heterocycles. The number of carbonyl (C=O) groups is 2. The third-order valence-corrected chi connectivity index (χ3v) is 6.05. The second-order valence-electron chi connectivity index (χ2n) is 8.35. The molecule has 0 radical (unpaired) electrons. The van der Waals surface area contributed by atoms with Gasteiger partial charge in [-0.05, 0) is 57.7 Å². The molecule has 0 fully saturated rings. The Hall–Kier alpha value is -0.359. The predicted molar refractivity (Wildman–Crippen MR) is 132 cm³/mol. The summed E-state index contributed by atoms with van der Waals surface area (Å²) in [6, 6.07) is 3.26. The van der Waals surface area contributed by atoms with E-state index in [0.29, 0.717) is 12.8 Å². The fraction of sp³-hybridized carbons (Fsp3) is 0.667. The van der Waals surface area contributed by atoms with Gasteiger partial charge in [0.25, 0.3) is 10.1 Å². The van der Waals surface area contributed by atoms with Gasteiger partial charge in [0.15, 0.2) is 0 Å². The molecule has 0 amide bonds. The first-order chi connectivity index (χ1) is 15.1. The Morgan fingerprint density at radius 3 is 1.52 bits per heavy atom. The molecule has 0 spiro atoms. The van der Waals surface area contributed by atoms with Crippen LogP contribution in [-0.2, 0) is 19.6 Å². The molecule has 2 unspecified atom stereocenters. The van der Waals surface area contributed by atoms with Gasteiger partial charge in [0, 0.05) is 0 Å². The number of benzene rings is 1. The van der Waals surface area contributed by atoms with Gasteiger partial charge < -0.3 is 9.47 Å². The summed E-state index contributed by atoms with van der Waals surface area (Å²) in [5.74, 6) is -1.50. The molecule has 1 aromatic carbocycles. The van der Waals surface area contributed by atoms with Crippen molar-refractivity contribution in [3.8, 4) is 0 Å². The van der Waals surface area contributed by atoms with Gasteiger partial charge in [0.1, 0.15) is 0 Å². The van der Waals surface area contributed by atoms with Gasteiger partial charge in [0.2, 0.25) is 0 Å². The quantitative estimate of drug-likeness (QED) is 0.128. The van der Waals surface area contributed by atoms with Crippen LogP contribution in [0.1, 0.15) is 113 Å². The zero-order valence-electron chi connectivity index (χ0n) is 19.8. The number of rotatable bonds is 15. The molecule has 7 nitrogen and oxygen atoms in total. The summed E-state index contributed by atoms with van der Waals surface area (Å²) < 4.78 is 43.7. The Morgan fingerprint density at radius 1 is 0.788 bits per heavy atom. The number of esters is 2. The number of carbonyl (C=O) groups excluding carboxylic acids is 2. The summed E-state index contributed by atoms with van der Waals surface area (Å²) in [6.45, 7) is 7.76. The van der Waals surface area contributed by atoms with Crippen molar-refractivity contribution in [2.45, 2.75) is 109 Å². The van der Waals surface area contributed by atoms with Crippen molar-refractivity contribution >= 4 is 70.9 Å². The topological polar surface area (TPSA) is 107 Å². The molecule has 0 heterocycles. The number of hydrogen-bond acceptors (Lipinski definition) is 6. The second kappa shape index (κ2) is 17.1. The SMILES string of the molecule is CCCCCCC(C)OC(=O)c1cc(C(=O)OC(C)CCCCCC)cc(S(=O)(=O)O)c1.[BaH2]. The fourth-order valence-corrected chi connectivity index (χ4v) is 3.87. The van der Waals surface area contributed by atoms with Crippen molar-refractivity contribution in [2.24, 2.45) is 0 Å². The van der Waals surface area contributed by atoms with Gasteiger partial charge in [-0.1, -0.05) is 52.4 Å². The van der Waals surface area contributed by atoms with Crippen LogP contribution >= 0.6 is 0 Å². The van der Waals surface area contributed by atoms with Crippen molar-refractivity contribution in [3.63, 3.8) is 0 Å². The first kappa shape index (κ1) is 32.6. The number of hydrogen-bond donors (Lipinski definition) is 1. The standard InChI is InChI=1S/C24H38O7S.Ba.2H/c1-5-7-9-11-13-18(3)30-23(25)20-15-21(17-22(16-20)32(27,28)29)24(26)31-19(4)14-12-10-8-6-2;;;/h15-19H,5-14H2,1-4H3,(H,27,28,29);;;. The summed E-state index contributed by atoms with van der Waals surface area (Å²) >= 11 is 0. The first-order valence-corrected chi connectivity index (χ1v) is 13.1. The van der Waals surface area contributed by atoms with Crippen LogP contribution in [0.4, 0.5) is 0 Å². The second-order valence-corrected chi connectivity index (χ2v) is 9.77. The van der Waals surface area contributed by atoms with Gasteiger partial charge in [-0.2, -0.15) is 8.42 Å². The van der Waals surface area contributed by atoms with E-state index >= 15 is 0 Å². The van der Waals surface area contributed by atoms with Crippen LogP contribution < -0.4 is 0 Å². The van der Waals surface area contributed by atoms with Crippen LogP contribution in [0.25, 0.3) is 0 Å². The molecule has 0 aliphatic heterocycles. The van der Waals surface area contributed by atoms with Crippen molar-refractivity contribution in [1.29, 1.82) is 0 Å². The van der Waals surface area contributed by atoms with E-state index in [9.17, 15) is 22.6 Å². The van der Waals surface area contributed by atoms with E-state index in [-0.39, 0.29) is 72.2 Å². The number of unbranched alkanes of at least 4 members (excludes halogenated alkanes) is 6. The van der Waals surface area contributed by atoms with E-state index < -0.39 is 27.0 Å². The molecule has 0 aliphatic carbocycles. The Balaban J connectivity index is 0.0000102. The Kier molecular flexibility index (Phi) is 16.9. The summed E-state index contributed by atoms with van der Waals surface area (Å²) in [5.41, 5.74) is -0.244. The molecule has 1 rings (SSSR count). The van der Waals surface area contributed by atoms with Crippen molar-refractivity contribution < 1.29 is 32.0 Å². The van der Waals surface area contributed by atoms with Gasteiger partial charge in [-0.3, -0.25) is 4.55 Å². The molecule has 0 aliphatic rings. The molecule has 186 valence electrons. The minimum absolute atomic E-state index is 0. The van der Waals surface area contributed by atoms with Gasteiger partial charge in [0.05, 0.1) is 28.2 Å². The van der Waals surface area contributed by atoms with E-state index in [0.717, 1.165) is 63.5 Å². The molecule has 2 atom stereocenters. The van der Waals surface area contributed by atoms with Crippen LogP contribution in [0.5, 0.6) is 0 Å². The van der Waals surface area contributed by atoms with Gasteiger partial charge in [-0.25, -0.2) is 9.59 Å². The molecule has 0 saturated carbocycles. The maximum atomic E-state index is 12.6. The molecule has 0 bridgehead atoms. The molecular formula is C24H40BaO7S. The molecule has 9 heteroatoms. The predicted octanol–water partition coefficient (Wildman–Crippen LogP) is 5.05. The maximum absolute atomic E-state index is 12.6. The van der Waals surface area contributed by atoms with Gasteiger partial charge >= 0.3 is 60.8 Å². The molecule has 1 N–H and O–H groups in total. The summed E-state index contributed by atoms with van der Waals surface area (Å²) in [6.07, 6.45) is 9.02. The monoisotopic (exact) mass is 610 g/mol. The summed E-state index contributed by atoms with van der Waals surface area (Å²) in [4.78, 5) is 24.6. The normalized spacial score (nSPS) is 13.0. The van der Waals surface area contributed by atoms with Crippen molar-refractivity contribution in [3.05, 3.63) is 29.3 Å². The third-order valence-electron chi connectivity index (χ3n) is 5.22. The zero-order valence-corrected chi connectivity index (χ0v) is 20.6. The fourth-order valence-electron chi connectivity index (χ4n) is 3.32. The van der Waals surface area contributed by atoms with Gasteiger partial charge in [-0.15, -0.1) is 0 Å². The van der Waals surface area contributed by atoms with E-state index in [1.807, 2.05) is 0 Å². The Labute approximate surface area is 239 Å². The average molecular weight is 610 g/mol. The van der Waals surface area contributed by atoms with Crippen LogP contribution in [0.3, 0.4) is 0 Å². The van der Waals surface area contributed by atoms with Crippen molar-refractivity contribution in [2.75, 3.05) is 0 Å². The first-order valence-electron chi connectivity index (χ1n) is 11.6. The molecule has 0 saturated heterocycles. The minimum atomic E-state index is -4.63. The van der Waals surface area contributed by atoms with Crippen LogP contribution in [0.2, 0.25) is 0 Å². The van der Waals surface area contributed by atoms with Crippen molar-refractivity contribution in [1.82, 2.24) is 0 Å².